The predicted molar refractivity (Wildman–Crippen MR) is 109 cm³/mol. The molecule has 30 heavy (non-hydrogen) atoms. The highest BCUT2D eigenvalue weighted by Crippen LogP contribution is 2.17. The first-order chi connectivity index (χ1) is 14.4. The number of rotatable bonds is 7. The number of ether oxygens (including phenoxy) is 1. The van der Waals surface area contributed by atoms with Gasteiger partial charge in [-0.2, -0.15) is 0 Å². The zero-order chi connectivity index (χ0) is 21.5. The molecule has 154 valence electrons. The van der Waals surface area contributed by atoms with Gasteiger partial charge in [0.15, 0.2) is 18.0 Å². The molecule has 3 aromatic rings. The molecule has 8 nitrogen and oxygen atoms in total. The summed E-state index contributed by atoms with van der Waals surface area (Å²) >= 11 is 0. The molecule has 2 atom stereocenters. The number of hydrogen-bond acceptors (Lipinski definition) is 6. The number of nitrogens with one attached hydrogen (secondary N) is 2. The van der Waals surface area contributed by atoms with E-state index in [1.54, 1.807) is 73.7 Å². The second-order valence-corrected chi connectivity index (χ2v) is 6.57. The number of amides is 2. The van der Waals surface area contributed by atoms with Gasteiger partial charge in [0.25, 0.3) is 11.8 Å². The Morgan fingerprint density at radius 2 is 1.63 bits per heavy atom. The Kier molecular flexibility index (Phi) is 6.59. The summed E-state index contributed by atoms with van der Waals surface area (Å²) in [4.78, 5) is 37.7. The van der Waals surface area contributed by atoms with Crippen molar-refractivity contribution in [3.05, 3.63) is 83.6 Å². The lowest BCUT2D eigenvalue weighted by atomic mass is 10.1. The van der Waals surface area contributed by atoms with Crippen LogP contribution in [0.4, 0.5) is 5.82 Å². The van der Waals surface area contributed by atoms with Crippen molar-refractivity contribution < 1.29 is 23.6 Å². The van der Waals surface area contributed by atoms with Crippen molar-refractivity contribution in [3.8, 4) is 0 Å². The van der Waals surface area contributed by atoms with Gasteiger partial charge >= 0.3 is 5.97 Å². The van der Waals surface area contributed by atoms with Crippen molar-refractivity contribution in [2.45, 2.75) is 26.0 Å². The van der Waals surface area contributed by atoms with Crippen LogP contribution in [-0.4, -0.2) is 29.0 Å². The maximum atomic E-state index is 12.8. The van der Waals surface area contributed by atoms with Gasteiger partial charge in [-0.15, -0.1) is 0 Å². The molecule has 0 radical (unpaired) electrons. The zero-order valence-corrected chi connectivity index (χ0v) is 16.5. The molecule has 2 unspecified atom stereocenters. The number of hydrogen-bond donors (Lipinski definition) is 2. The number of anilines is 1. The first-order valence-electron chi connectivity index (χ1n) is 9.29. The number of esters is 1. The molecular formula is C22H21N3O5. The quantitative estimate of drug-likeness (QED) is 0.583. The number of aromatic nitrogens is 1. The third kappa shape index (κ3) is 5.32. The molecular weight excluding hydrogens is 386 g/mol. The van der Waals surface area contributed by atoms with E-state index in [1.807, 2.05) is 0 Å². The standard InChI is InChI=1S/C22H21N3O5/c1-14-13-18(25-30-14)23-20(26)15(2)29-22(28)19(16-9-5-3-6-10-16)24-21(27)17-11-7-4-8-12-17/h3-13,15,19H,1-2H3,(H,24,27)(H,23,25,26). The summed E-state index contributed by atoms with van der Waals surface area (Å²) in [5, 5.41) is 8.85. The van der Waals surface area contributed by atoms with Gasteiger partial charge in [0.1, 0.15) is 5.76 Å². The lowest BCUT2D eigenvalue weighted by Gasteiger charge is -2.20. The fourth-order valence-electron chi connectivity index (χ4n) is 2.68. The largest absolute Gasteiger partial charge is 0.451 e. The Hall–Kier alpha value is -3.94. The van der Waals surface area contributed by atoms with Gasteiger partial charge in [-0.05, 0) is 31.5 Å². The summed E-state index contributed by atoms with van der Waals surface area (Å²) < 4.78 is 10.2. The second-order valence-electron chi connectivity index (χ2n) is 6.57. The SMILES string of the molecule is Cc1cc(NC(=O)C(C)OC(=O)C(NC(=O)c2ccccc2)c2ccccc2)no1. The summed E-state index contributed by atoms with van der Waals surface area (Å²) in [6.45, 7) is 3.12. The molecule has 0 aliphatic carbocycles. The number of carbonyl (C=O) groups excluding carboxylic acids is 3. The van der Waals surface area contributed by atoms with Crippen LogP contribution in [-0.2, 0) is 14.3 Å². The van der Waals surface area contributed by atoms with E-state index in [4.69, 9.17) is 9.26 Å². The lowest BCUT2D eigenvalue weighted by molar-refractivity contribution is -0.155. The summed E-state index contributed by atoms with van der Waals surface area (Å²) in [5.41, 5.74) is 0.935. The monoisotopic (exact) mass is 407 g/mol. The normalized spacial score (nSPS) is 12.5. The van der Waals surface area contributed by atoms with Crippen LogP contribution in [0.5, 0.6) is 0 Å². The molecule has 0 aliphatic heterocycles. The molecule has 8 heteroatoms. The van der Waals surface area contributed by atoms with Crippen molar-refractivity contribution in [2.24, 2.45) is 0 Å². The topological polar surface area (TPSA) is 111 Å². The zero-order valence-electron chi connectivity index (χ0n) is 16.5. The average molecular weight is 407 g/mol. The minimum absolute atomic E-state index is 0.220. The van der Waals surface area contributed by atoms with Crippen LogP contribution in [0.2, 0.25) is 0 Å². The van der Waals surface area contributed by atoms with Gasteiger partial charge in [-0.1, -0.05) is 53.7 Å². The van der Waals surface area contributed by atoms with Crippen LogP contribution in [0.3, 0.4) is 0 Å². The van der Waals surface area contributed by atoms with E-state index in [-0.39, 0.29) is 5.82 Å². The smallest absolute Gasteiger partial charge is 0.334 e. The Morgan fingerprint density at radius 3 is 2.23 bits per heavy atom. The summed E-state index contributed by atoms with van der Waals surface area (Å²) in [7, 11) is 0. The third-order valence-electron chi connectivity index (χ3n) is 4.22. The summed E-state index contributed by atoms with van der Waals surface area (Å²) in [6.07, 6.45) is -1.12. The van der Waals surface area contributed by atoms with E-state index in [0.29, 0.717) is 16.9 Å². The highest BCUT2D eigenvalue weighted by Gasteiger charge is 2.28. The number of benzene rings is 2. The van der Waals surface area contributed by atoms with E-state index in [9.17, 15) is 14.4 Å². The fourth-order valence-corrected chi connectivity index (χ4v) is 2.68. The molecule has 0 saturated heterocycles. The minimum Gasteiger partial charge on any atom is -0.451 e. The summed E-state index contributed by atoms with van der Waals surface area (Å²) in [6, 6.07) is 17.6. The maximum absolute atomic E-state index is 12.8. The highest BCUT2D eigenvalue weighted by molar-refractivity contribution is 5.98. The average Bonchev–Trinajstić information content (AvgIpc) is 3.17. The van der Waals surface area contributed by atoms with E-state index in [1.165, 1.54) is 6.92 Å². The van der Waals surface area contributed by atoms with Crippen LogP contribution < -0.4 is 10.6 Å². The van der Waals surface area contributed by atoms with E-state index in [0.717, 1.165) is 0 Å². The molecule has 2 amide bonds. The van der Waals surface area contributed by atoms with E-state index in [2.05, 4.69) is 15.8 Å². The molecule has 2 aromatic carbocycles. The molecule has 0 saturated carbocycles. The molecule has 0 spiro atoms. The van der Waals surface area contributed by atoms with Gasteiger partial charge in [0.05, 0.1) is 0 Å². The molecule has 1 heterocycles. The van der Waals surface area contributed by atoms with Gasteiger partial charge in [0, 0.05) is 11.6 Å². The molecule has 0 bridgehead atoms. The number of nitrogens with zero attached hydrogens (tertiary/aromatic N) is 1. The third-order valence-corrected chi connectivity index (χ3v) is 4.22. The Labute approximate surface area is 173 Å². The molecule has 1 aromatic heterocycles. The van der Waals surface area contributed by atoms with Gasteiger partial charge in [-0.3, -0.25) is 9.59 Å². The second kappa shape index (κ2) is 9.51. The van der Waals surface area contributed by atoms with Crippen molar-refractivity contribution >= 4 is 23.6 Å². The Balaban J connectivity index is 1.71. The van der Waals surface area contributed by atoms with Gasteiger partial charge in [-0.25, -0.2) is 4.79 Å². The van der Waals surface area contributed by atoms with Crippen molar-refractivity contribution in [2.75, 3.05) is 5.32 Å². The van der Waals surface area contributed by atoms with Gasteiger partial charge in [0.2, 0.25) is 0 Å². The molecule has 2 N–H and O–H groups in total. The van der Waals surface area contributed by atoms with Crippen LogP contribution in [0.1, 0.15) is 34.6 Å². The molecule has 0 aliphatic rings. The van der Waals surface area contributed by atoms with Gasteiger partial charge < -0.3 is 19.9 Å². The summed E-state index contributed by atoms with van der Waals surface area (Å²) in [5.74, 6) is -1.01. The van der Waals surface area contributed by atoms with Crippen molar-refractivity contribution in [3.63, 3.8) is 0 Å². The molecule has 3 rings (SSSR count). The minimum atomic E-state index is -1.12. The van der Waals surface area contributed by atoms with Crippen LogP contribution in [0, 0.1) is 6.92 Å². The van der Waals surface area contributed by atoms with Crippen LogP contribution >= 0.6 is 0 Å². The molecule has 0 fully saturated rings. The predicted octanol–water partition coefficient (Wildman–Crippen LogP) is 3.02. The first-order valence-corrected chi connectivity index (χ1v) is 9.29. The Morgan fingerprint density at radius 1 is 1.00 bits per heavy atom. The fraction of sp³-hybridized carbons (Fsp3) is 0.182. The Bertz CT molecular complexity index is 1020. The number of aryl methyl sites for hydroxylation is 1. The lowest BCUT2D eigenvalue weighted by Crippen LogP contribution is -2.38. The van der Waals surface area contributed by atoms with Crippen LogP contribution in [0.15, 0.2) is 71.3 Å². The maximum Gasteiger partial charge on any atom is 0.334 e. The van der Waals surface area contributed by atoms with E-state index < -0.39 is 29.9 Å². The van der Waals surface area contributed by atoms with Crippen molar-refractivity contribution in [1.82, 2.24) is 10.5 Å². The highest BCUT2D eigenvalue weighted by atomic mass is 16.5. The van der Waals surface area contributed by atoms with E-state index >= 15 is 0 Å². The van der Waals surface area contributed by atoms with Crippen molar-refractivity contribution in [1.29, 1.82) is 0 Å². The number of carbonyl (C=O) groups is 3. The van der Waals surface area contributed by atoms with Crippen LogP contribution in [0.25, 0.3) is 0 Å². The first kappa shape index (κ1) is 20.8.